The highest BCUT2D eigenvalue weighted by atomic mass is 16.1. The Kier molecular flexibility index (Phi) is 2.31. The van der Waals surface area contributed by atoms with E-state index < -0.39 is 0 Å². The molecule has 0 heterocycles. The average molecular weight is 167 g/mol. The van der Waals surface area contributed by atoms with E-state index in [0.717, 1.165) is 0 Å². The van der Waals surface area contributed by atoms with Crippen molar-refractivity contribution in [3.8, 4) is 0 Å². The van der Waals surface area contributed by atoms with Gasteiger partial charge in [0.1, 0.15) is 0 Å². The van der Waals surface area contributed by atoms with Gasteiger partial charge in [-0.2, -0.15) is 0 Å². The zero-order chi connectivity index (χ0) is 9.19. The maximum Gasteiger partial charge on any atom is 0.207 e. The van der Waals surface area contributed by atoms with Crippen LogP contribution in [0.25, 0.3) is 0 Å². The molecule has 1 atom stereocenters. The van der Waals surface area contributed by atoms with Crippen molar-refractivity contribution in [1.29, 1.82) is 0 Å². The molecule has 1 N–H and O–H groups in total. The fourth-order valence-corrected chi connectivity index (χ4v) is 1.31. The molecule has 3 nitrogen and oxygen atoms in total. The molecular weight excluding hydrogens is 154 g/mol. The molecule has 66 valence electrons. The van der Waals surface area contributed by atoms with Gasteiger partial charge in [-0.3, -0.25) is 9.59 Å². The van der Waals surface area contributed by atoms with Crippen LogP contribution in [0, 0.1) is 5.41 Å². The zero-order valence-corrected chi connectivity index (χ0v) is 7.33. The molecule has 1 amide bonds. The summed E-state index contributed by atoms with van der Waals surface area (Å²) in [7, 11) is 0. The molecule has 0 aromatic carbocycles. The first-order valence-corrected chi connectivity index (χ1v) is 3.98. The number of hydrogen-bond acceptors (Lipinski definition) is 2. The van der Waals surface area contributed by atoms with Gasteiger partial charge < -0.3 is 5.32 Å². The second-order valence-electron chi connectivity index (χ2n) is 3.66. The second-order valence-corrected chi connectivity index (χ2v) is 3.66. The highest BCUT2D eigenvalue weighted by Crippen LogP contribution is 2.28. The van der Waals surface area contributed by atoms with Crippen molar-refractivity contribution in [2.75, 3.05) is 0 Å². The quantitative estimate of drug-likeness (QED) is 0.614. The van der Waals surface area contributed by atoms with Crippen LogP contribution < -0.4 is 5.32 Å². The molecule has 0 aliphatic heterocycles. The van der Waals surface area contributed by atoms with E-state index in [-0.39, 0.29) is 17.2 Å². The number of amides is 1. The topological polar surface area (TPSA) is 46.2 Å². The smallest absolute Gasteiger partial charge is 0.207 e. The van der Waals surface area contributed by atoms with Crippen LogP contribution in [0.5, 0.6) is 0 Å². The van der Waals surface area contributed by atoms with Gasteiger partial charge in [-0.15, -0.1) is 0 Å². The number of nitrogens with one attached hydrogen (secondary N) is 1. The van der Waals surface area contributed by atoms with Crippen LogP contribution in [-0.4, -0.2) is 18.2 Å². The minimum atomic E-state index is -0.116. The van der Waals surface area contributed by atoms with E-state index >= 15 is 0 Å². The second kappa shape index (κ2) is 3.09. The first kappa shape index (κ1) is 8.97. The van der Waals surface area contributed by atoms with Crippen LogP contribution in [0.15, 0.2) is 12.2 Å². The van der Waals surface area contributed by atoms with Gasteiger partial charge in [0.15, 0.2) is 5.78 Å². The lowest BCUT2D eigenvalue weighted by Gasteiger charge is -2.33. The molecule has 0 saturated carbocycles. The lowest BCUT2D eigenvalue weighted by molar-refractivity contribution is -0.117. The predicted octanol–water partition coefficient (Wildman–Crippen LogP) is 0.656. The summed E-state index contributed by atoms with van der Waals surface area (Å²) < 4.78 is 0. The Morgan fingerprint density at radius 2 is 2.33 bits per heavy atom. The summed E-state index contributed by atoms with van der Waals surface area (Å²) in [5.41, 5.74) is -0.116. The minimum Gasteiger partial charge on any atom is -0.355 e. The molecule has 0 bridgehead atoms. The van der Waals surface area contributed by atoms with Crippen molar-refractivity contribution >= 4 is 12.2 Å². The highest BCUT2D eigenvalue weighted by molar-refractivity contribution is 5.91. The van der Waals surface area contributed by atoms with Gasteiger partial charge in [0.25, 0.3) is 0 Å². The van der Waals surface area contributed by atoms with Gasteiger partial charge in [-0.05, 0) is 6.08 Å². The van der Waals surface area contributed by atoms with Gasteiger partial charge in [-0.25, -0.2) is 0 Å². The molecule has 0 fully saturated rings. The molecule has 3 heteroatoms. The summed E-state index contributed by atoms with van der Waals surface area (Å²) >= 11 is 0. The molecule has 0 radical (unpaired) electrons. The molecule has 12 heavy (non-hydrogen) atoms. The Bertz CT molecular complexity index is 231. The van der Waals surface area contributed by atoms with Crippen LogP contribution in [0.4, 0.5) is 0 Å². The molecule has 1 unspecified atom stereocenters. The van der Waals surface area contributed by atoms with Crippen LogP contribution in [0.2, 0.25) is 0 Å². The fraction of sp³-hybridized carbons (Fsp3) is 0.556. The molecule has 0 aromatic heterocycles. The Morgan fingerprint density at radius 1 is 1.67 bits per heavy atom. The highest BCUT2D eigenvalue weighted by Gasteiger charge is 2.31. The summed E-state index contributed by atoms with van der Waals surface area (Å²) in [5.74, 6) is 0.0775. The molecule has 0 saturated heterocycles. The van der Waals surface area contributed by atoms with E-state index in [0.29, 0.717) is 12.8 Å². The van der Waals surface area contributed by atoms with E-state index in [1.54, 1.807) is 6.08 Å². The summed E-state index contributed by atoms with van der Waals surface area (Å²) in [6.07, 6.45) is 4.49. The van der Waals surface area contributed by atoms with Gasteiger partial charge in [-0.1, -0.05) is 19.9 Å². The third-order valence-electron chi connectivity index (χ3n) is 2.27. The van der Waals surface area contributed by atoms with E-state index in [1.807, 2.05) is 19.9 Å². The molecule has 0 aromatic rings. The first-order valence-electron chi connectivity index (χ1n) is 3.98. The summed E-state index contributed by atoms with van der Waals surface area (Å²) in [6.45, 7) is 3.99. The Labute approximate surface area is 71.8 Å². The summed E-state index contributed by atoms with van der Waals surface area (Å²) in [5, 5.41) is 2.65. The monoisotopic (exact) mass is 167 g/mol. The van der Waals surface area contributed by atoms with Gasteiger partial charge in [0.05, 0.1) is 0 Å². The standard InChI is InChI=1S/C9H13NO2/c1-9(2)4-3-7(12)5-8(9)10-6-11/h3-4,6,8H,5H2,1-2H3,(H,10,11). The Hall–Kier alpha value is -1.12. The normalized spacial score (nSPS) is 26.8. The van der Waals surface area contributed by atoms with Crippen LogP contribution in [-0.2, 0) is 9.59 Å². The number of ketones is 1. The van der Waals surface area contributed by atoms with E-state index in [1.165, 1.54) is 0 Å². The average Bonchev–Trinajstić information content (AvgIpc) is 1.98. The van der Waals surface area contributed by atoms with Gasteiger partial charge in [0.2, 0.25) is 6.41 Å². The predicted molar refractivity (Wildman–Crippen MR) is 45.5 cm³/mol. The maximum atomic E-state index is 11.0. The molecule has 1 rings (SSSR count). The minimum absolute atomic E-state index is 0.0625. The Balaban J connectivity index is 2.78. The van der Waals surface area contributed by atoms with E-state index in [9.17, 15) is 9.59 Å². The number of allylic oxidation sites excluding steroid dienone is 1. The van der Waals surface area contributed by atoms with Crippen LogP contribution in [0.1, 0.15) is 20.3 Å². The van der Waals surface area contributed by atoms with Crippen LogP contribution >= 0.6 is 0 Å². The molecule has 0 spiro atoms. The van der Waals surface area contributed by atoms with Crippen molar-refractivity contribution < 1.29 is 9.59 Å². The van der Waals surface area contributed by atoms with Crippen molar-refractivity contribution in [2.45, 2.75) is 26.3 Å². The van der Waals surface area contributed by atoms with E-state index in [4.69, 9.17) is 0 Å². The summed E-state index contributed by atoms with van der Waals surface area (Å²) in [4.78, 5) is 21.2. The van der Waals surface area contributed by atoms with Crippen molar-refractivity contribution in [1.82, 2.24) is 5.32 Å². The number of hydrogen-bond donors (Lipinski definition) is 1. The van der Waals surface area contributed by atoms with Crippen molar-refractivity contribution in [3.63, 3.8) is 0 Å². The molecule has 1 aliphatic rings. The molecule has 1 aliphatic carbocycles. The largest absolute Gasteiger partial charge is 0.355 e. The van der Waals surface area contributed by atoms with Crippen molar-refractivity contribution in [3.05, 3.63) is 12.2 Å². The van der Waals surface area contributed by atoms with Crippen molar-refractivity contribution in [2.24, 2.45) is 5.41 Å². The number of carbonyl (C=O) groups is 2. The van der Waals surface area contributed by atoms with Gasteiger partial charge >= 0.3 is 0 Å². The van der Waals surface area contributed by atoms with E-state index in [2.05, 4.69) is 5.32 Å². The summed E-state index contributed by atoms with van der Waals surface area (Å²) in [6, 6.07) is -0.0625. The SMILES string of the molecule is CC1(C)C=CC(=O)CC1NC=O. The zero-order valence-electron chi connectivity index (χ0n) is 7.33. The third-order valence-corrected chi connectivity index (χ3v) is 2.27. The Morgan fingerprint density at radius 3 is 2.92 bits per heavy atom. The third kappa shape index (κ3) is 1.72. The maximum absolute atomic E-state index is 11.0. The lowest BCUT2D eigenvalue weighted by Crippen LogP contribution is -2.43. The van der Waals surface area contributed by atoms with Crippen LogP contribution in [0.3, 0.4) is 0 Å². The molecular formula is C9H13NO2. The van der Waals surface area contributed by atoms with Gasteiger partial charge in [0, 0.05) is 17.9 Å². The number of carbonyl (C=O) groups excluding carboxylic acids is 2. The fourth-order valence-electron chi connectivity index (χ4n) is 1.31. The number of rotatable bonds is 2. The first-order chi connectivity index (χ1) is 5.56. The lowest BCUT2D eigenvalue weighted by atomic mass is 9.78.